The van der Waals surface area contributed by atoms with Crippen LogP contribution < -0.4 is 11.3 Å². The van der Waals surface area contributed by atoms with Gasteiger partial charge in [0.15, 0.2) is 18.0 Å². The molecule has 0 amide bonds. The Kier molecular flexibility index (Phi) is 6.78. The second-order valence-electron chi connectivity index (χ2n) is 6.01. The van der Waals surface area contributed by atoms with Gasteiger partial charge in [0.25, 0.3) is 0 Å². The Labute approximate surface area is 176 Å². The predicted molar refractivity (Wildman–Crippen MR) is 98.2 cm³/mol. The predicted octanol–water partition coefficient (Wildman–Crippen LogP) is -1.72. The molecule has 3 rings (SSSR count). The maximum Gasteiger partial charge on any atom is 0.490 e. The van der Waals surface area contributed by atoms with Crippen LogP contribution in [-0.2, 0) is 36.1 Å². The van der Waals surface area contributed by atoms with E-state index in [9.17, 15) is 33.6 Å². The van der Waals surface area contributed by atoms with Gasteiger partial charge in [-0.25, -0.2) is 18.7 Å². The summed E-state index contributed by atoms with van der Waals surface area (Å²) in [6.07, 6.45) is -6.34. The number of aromatic nitrogens is 4. The number of hydrogen-bond acceptors (Lipinski definition) is 14. The Morgan fingerprint density at radius 3 is 2.44 bits per heavy atom. The van der Waals surface area contributed by atoms with Crippen LogP contribution in [0.3, 0.4) is 0 Å². The monoisotopic (exact) mass is 523 g/mol. The first-order chi connectivity index (χ1) is 14.6. The van der Waals surface area contributed by atoms with Gasteiger partial charge in [-0.05, 0) is 0 Å². The quantitative estimate of drug-likeness (QED) is 0.189. The smallest absolute Gasteiger partial charge is 0.385 e. The van der Waals surface area contributed by atoms with Gasteiger partial charge in [0.2, 0.25) is 5.95 Å². The van der Waals surface area contributed by atoms with Gasteiger partial charge in [-0.1, -0.05) is 0 Å². The van der Waals surface area contributed by atoms with Crippen molar-refractivity contribution in [3.63, 3.8) is 0 Å². The van der Waals surface area contributed by atoms with E-state index in [1.807, 2.05) is 0 Å². The zero-order valence-corrected chi connectivity index (χ0v) is 18.2. The summed E-state index contributed by atoms with van der Waals surface area (Å²) in [7, 11) is -15.8. The van der Waals surface area contributed by atoms with Crippen molar-refractivity contribution in [2.24, 2.45) is 0 Å². The lowest BCUT2D eigenvalue weighted by atomic mass is 10.2. The third kappa shape index (κ3) is 5.32. The molecule has 8 N–H and O–H groups in total. The SMILES string of the molecule is COP(=O)(O[C@H]1O[C@@H](n2cnc3c(=O)nc(N)[nH]c32)[C@H](O)[C@H]1O)OP(=O)(O)OP(=O)(O)O. The van der Waals surface area contributed by atoms with Crippen LogP contribution in [0, 0.1) is 0 Å². The van der Waals surface area contributed by atoms with Crippen molar-refractivity contribution in [3.8, 4) is 0 Å². The van der Waals surface area contributed by atoms with Crippen molar-refractivity contribution in [1.82, 2.24) is 19.5 Å². The molecule has 6 atom stereocenters. The Balaban J connectivity index is 1.85. The lowest BCUT2D eigenvalue weighted by molar-refractivity contribution is -0.134. The van der Waals surface area contributed by atoms with Crippen LogP contribution in [-0.4, -0.2) is 70.0 Å². The van der Waals surface area contributed by atoms with E-state index >= 15 is 0 Å². The standard InChI is InChI=1S/C10H16N5O14P3/c1-25-32(24,29-31(22,23)28-30(19,20)21)27-9-5(17)4(16)8(26-9)15-2-12-3-6(15)13-10(11)14-7(3)18/h2,4-5,8-9,16-17H,1H3,(H,22,23)(H2,19,20,21)(H3,11,13,14,18)/t4-,5-,8-,9-,32?/m1/s1. The first-order valence-corrected chi connectivity index (χ1v) is 12.5. The molecule has 32 heavy (non-hydrogen) atoms. The van der Waals surface area contributed by atoms with E-state index in [0.717, 1.165) is 10.9 Å². The molecule has 2 aromatic rings. The number of phosphoric acid groups is 3. The molecule has 0 bridgehead atoms. The van der Waals surface area contributed by atoms with E-state index in [4.69, 9.17) is 24.8 Å². The normalized spacial score (nSPS) is 27.9. The molecule has 2 unspecified atom stereocenters. The van der Waals surface area contributed by atoms with E-state index in [1.54, 1.807) is 0 Å². The first-order valence-electron chi connectivity index (χ1n) is 8.04. The number of hydrogen-bond donors (Lipinski definition) is 7. The Bertz CT molecular complexity index is 1210. The molecule has 1 fully saturated rings. The number of imidazole rings is 1. The molecule has 3 heterocycles. The molecule has 2 aromatic heterocycles. The Hall–Kier alpha value is -1.56. The molecule has 0 spiro atoms. The minimum absolute atomic E-state index is 0.0690. The minimum atomic E-state index is -5.70. The maximum absolute atomic E-state index is 12.5. The summed E-state index contributed by atoms with van der Waals surface area (Å²) in [6, 6.07) is 0. The number of H-pyrrole nitrogens is 1. The fourth-order valence-electron chi connectivity index (χ4n) is 2.59. The number of phosphoric ester groups is 1. The fourth-order valence-corrected chi connectivity index (χ4v) is 6.00. The topological polar surface area (TPSA) is 288 Å². The number of aliphatic hydroxyl groups excluding tert-OH is 2. The second-order valence-corrected chi connectivity index (χ2v) is 10.7. The number of nitrogens with one attached hydrogen (secondary N) is 1. The molecular formula is C10H16N5O14P3. The molecule has 180 valence electrons. The number of rotatable bonds is 8. The van der Waals surface area contributed by atoms with Crippen LogP contribution in [0.4, 0.5) is 5.95 Å². The lowest BCUT2D eigenvalue weighted by Crippen LogP contribution is -2.32. The van der Waals surface area contributed by atoms with E-state index in [2.05, 4.69) is 28.1 Å². The van der Waals surface area contributed by atoms with Gasteiger partial charge in [0.05, 0.1) is 6.33 Å². The summed E-state index contributed by atoms with van der Waals surface area (Å²) in [5, 5.41) is 20.5. The highest BCUT2D eigenvalue weighted by Gasteiger charge is 2.51. The van der Waals surface area contributed by atoms with E-state index in [-0.39, 0.29) is 17.1 Å². The van der Waals surface area contributed by atoms with Gasteiger partial charge < -0.3 is 40.3 Å². The molecule has 0 aromatic carbocycles. The Morgan fingerprint density at radius 1 is 1.19 bits per heavy atom. The number of aliphatic hydroxyl groups is 2. The number of fused-ring (bicyclic) bond motifs is 1. The third-order valence-corrected chi connectivity index (χ3v) is 8.02. The van der Waals surface area contributed by atoms with Crippen LogP contribution in [0.2, 0.25) is 0 Å². The van der Waals surface area contributed by atoms with Gasteiger partial charge in [0, 0.05) is 7.11 Å². The molecular weight excluding hydrogens is 507 g/mol. The maximum atomic E-state index is 12.5. The van der Waals surface area contributed by atoms with E-state index < -0.39 is 53.8 Å². The van der Waals surface area contributed by atoms with Crippen LogP contribution >= 0.6 is 23.5 Å². The fraction of sp³-hybridized carbons (Fsp3) is 0.500. The number of anilines is 1. The molecule has 19 nitrogen and oxygen atoms in total. The zero-order chi connectivity index (χ0) is 24.1. The van der Waals surface area contributed by atoms with Crippen LogP contribution in [0.5, 0.6) is 0 Å². The highest BCUT2D eigenvalue weighted by molar-refractivity contribution is 7.66. The molecule has 1 aliphatic rings. The van der Waals surface area contributed by atoms with Crippen molar-refractivity contribution in [2.75, 3.05) is 12.8 Å². The number of aromatic amines is 1. The van der Waals surface area contributed by atoms with Gasteiger partial charge in [0.1, 0.15) is 17.9 Å². The lowest BCUT2D eigenvalue weighted by Gasteiger charge is -2.22. The average Bonchev–Trinajstić information content (AvgIpc) is 3.15. The van der Waals surface area contributed by atoms with Gasteiger partial charge in [-0.15, -0.1) is 0 Å². The minimum Gasteiger partial charge on any atom is -0.385 e. The summed E-state index contributed by atoms with van der Waals surface area (Å²) in [5.74, 6) is -0.300. The van der Waals surface area contributed by atoms with Crippen LogP contribution in [0.1, 0.15) is 6.23 Å². The third-order valence-electron chi connectivity index (χ3n) is 3.80. The summed E-state index contributed by atoms with van der Waals surface area (Å²) in [4.78, 5) is 48.1. The second kappa shape index (κ2) is 8.66. The van der Waals surface area contributed by atoms with Crippen molar-refractivity contribution in [2.45, 2.75) is 24.7 Å². The summed E-state index contributed by atoms with van der Waals surface area (Å²) >= 11 is 0. The summed E-state index contributed by atoms with van der Waals surface area (Å²) in [5.41, 5.74) is 4.40. The molecule has 22 heteroatoms. The molecule has 0 aliphatic carbocycles. The van der Waals surface area contributed by atoms with E-state index in [0.29, 0.717) is 7.11 Å². The largest absolute Gasteiger partial charge is 0.490 e. The summed E-state index contributed by atoms with van der Waals surface area (Å²) < 4.78 is 57.8. The first kappa shape index (κ1) is 25.1. The molecule has 1 saturated heterocycles. The van der Waals surface area contributed by atoms with Crippen LogP contribution in [0.15, 0.2) is 11.1 Å². The number of nitrogen functional groups attached to an aromatic ring is 1. The average molecular weight is 523 g/mol. The summed E-state index contributed by atoms with van der Waals surface area (Å²) in [6.45, 7) is 0. The number of nitrogens with zero attached hydrogens (tertiary/aromatic N) is 3. The number of ether oxygens (including phenoxy) is 1. The molecule has 0 saturated carbocycles. The van der Waals surface area contributed by atoms with Crippen molar-refractivity contribution >= 4 is 40.6 Å². The van der Waals surface area contributed by atoms with Crippen LogP contribution in [0.25, 0.3) is 11.2 Å². The highest BCUT2D eigenvalue weighted by atomic mass is 31.3. The van der Waals surface area contributed by atoms with E-state index in [1.165, 1.54) is 0 Å². The van der Waals surface area contributed by atoms with Gasteiger partial charge >= 0.3 is 29.0 Å². The molecule has 0 radical (unpaired) electrons. The van der Waals surface area contributed by atoms with Crippen molar-refractivity contribution in [1.29, 1.82) is 0 Å². The zero-order valence-electron chi connectivity index (χ0n) is 15.6. The Morgan fingerprint density at radius 2 is 1.84 bits per heavy atom. The van der Waals surface area contributed by atoms with Crippen molar-refractivity contribution in [3.05, 3.63) is 16.7 Å². The number of nitrogens with two attached hydrogens (primary N) is 1. The molecule has 1 aliphatic heterocycles. The highest BCUT2D eigenvalue weighted by Crippen LogP contribution is 2.68. The van der Waals surface area contributed by atoms with Gasteiger partial charge in [-0.3, -0.25) is 18.4 Å². The van der Waals surface area contributed by atoms with Crippen molar-refractivity contribution < 1.29 is 61.0 Å². The van der Waals surface area contributed by atoms with Gasteiger partial charge in [-0.2, -0.15) is 13.6 Å².